The van der Waals surface area contributed by atoms with E-state index in [9.17, 15) is 9.90 Å². The Balaban J connectivity index is 4.04. The molecule has 1 rings (SSSR count). The number of carbonyl (C=O) groups excluding carboxylic acids is 1. The van der Waals surface area contributed by atoms with Crippen molar-refractivity contribution in [3.05, 3.63) is 34.9 Å². The summed E-state index contributed by atoms with van der Waals surface area (Å²) in [6, 6.07) is 0. The molecule has 0 aliphatic rings. The van der Waals surface area contributed by atoms with Gasteiger partial charge in [-0.25, -0.2) is 0 Å². The van der Waals surface area contributed by atoms with Crippen molar-refractivity contribution < 1.29 is 14.6 Å². The van der Waals surface area contributed by atoms with Crippen molar-refractivity contribution in [1.82, 2.24) is 0 Å². The maximum absolute atomic E-state index is 11.7. The van der Waals surface area contributed by atoms with Crippen LogP contribution in [-0.4, -0.2) is 11.1 Å². The zero-order valence-corrected chi connectivity index (χ0v) is 15.8. The van der Waals surface area contributed by atoms with Gasteiger partial charge in [-0.2, -0.15) is 0 Å². The summed E-state index contributed by atoms with van der Waals surface area (Å²) in [6.45, 7) is 19.4. The first-order valence-corrected chi connectivity index (χ1v) is 8.01. The SMILES string of the molecule is C=CCc1c(O)c(C)c(C(C)(C)C)c(OC(C)=O)c1C(C)(C)C. The molecule has 128 valence electrons. The van der Waals surface area contributed by atoms with Crippen LogP contribution >= 0.6 is 0 Å². The summed E-state index contributed by atoms with van der Waals surface area (Å²) < 4.78 is 5.67. The molecular weight excluding hydrogens is 288 g/mol. The molecule has 23 heavy (non-hydrogen) atoms. The van der Waals surface area contributed by atoms with Gasteiger partial charge in [0.25, 0.3) is 0 Å². The van der Waals surface area contributed by atoms with Crippen molar-refractivity contribution in [3.63, 3.8) is 0 Å². The van der Waals surface area contributed by atoms with E-state index in [1.54, 1.807) is 6.08 Å². The predicted octanol–water partition coefficient (Wildman–Crippen LogP) is 4.95. The molecule has 1 aromatic carbocycles. The van der Waals surface area contributed by atoms with E-state index in [1.807, 2.05) is 6.92 Å². The molecule has 0 aromatic heterocycles. The second-order valence-corrected chi connectivity index (χ2v) is 8.12. The van der Waals surface area contributed by atoms with Gasteiger partial charge < -0.3 is 9.84 Å². The number of benzene rings is 1. The first kappa shape index (κ1) is 19.3. The fourth-order valence-electron chi connectivity index (χ4n) is 3.18. The van der Waals surface area contributed by atoms with Crippen molar-refractivity contribution in [1.29, 1.82) is 0 Å². The highest BCUT2D eigenvalue weighted by Crippen LogP contribution is 2.48. The molecule has 0 atom stereocenters. The van der Waals surface area contributed by atoms with Crippen LogP contribution in [0, 0.1) is 6.92 Å². The van der Waals surface area contributed by atoms with Gasteiger partial charge in [-0.15, -0.1) is 6.58 Å². The van der Waals surface area contributed by atoms with Crippen LogP contribution in [-0.2, 0) is 22.0 Å². The number of rotatable bonds is 3. The summed E-state index contributed by atoms with van der Waals surface area (Å²) in [5, 5.41) is 10.8. The lowest BCUT2D eigenvalue weighted by Gasteiger charge is -2.33. The Bertz CT molecular complexity index is 626. The quantitative estimate of drug-likeness (QED) is 0.487. The Morgan fingerprint density at radius 3 is 1.96 bits per heavy atom. The van der Waals surface area contributed by atoms with Gasteiger partial charge in [-0.1, -0.05) is 47.6 Å². The van der Waals surface area contributed by atoms with Gasteiger partial charge in [-0.05, 0) is 29.7 Å². The van der Waals surface area contributed by atoms with Gasteiger partial charge in [0.05, 0.1) is 0 Å². The third-order valence-corrected chi connectivity index (χ3v) is 3.87. The first-order valence-electron chi connectivity index (χ1n) is 8.01. The highest BCUT2D eigenvalue weighted by atomic mass is 16.5. The molecule has 0 heterocycles. The second-order valence-electron chi connectivity index (χ2n) is 8.12. The second kappa shape index (κ2) is 6.38. The summed E-state index contributed by atoms with van der Waals surface area (Å²) in [7, 11) is 0. The predicted molar refractivity (Wildman–Crippen MR) is 95.5 cm³/mol. The van der Waals surface area contributed by atoms with Crippen molar-refractivity contribution in [2.24, 2.45) is 0 Å². The van der Waals surface area contributed by atoms with Crippen LogP contribution in [0.2, 0.25) is 0 Å². The summed E-state index contributed by atoms with van der Waals surface area (Å²) >= 11 is 0. The van der Waals surface area contributed by atoms with Crippen LogP contribution in [0.4, 0.5) is 0 Å². The van der Waals surface area contributed by atoms with Gasteiger partial charge in [0.15, 0.2) is 0 Å². The largest absolute Gasteiger partial charge is 0.507 e. The van der Waals surface area contributed by atoms with E-state index in [-0.39, 0.29) is 22.5 Å². The molecule has 0 amide bonds. The molecule has 1 N–H and O–H groups in total. The van der Waals surface area contributed by atoms with Crippen LogP contribution < -0.4 is 4.74 Å². The molecule has 0 unspecified atom stereocenters. The molecule has 0 saturated heterocycles. The highest BCUT2D eigenvalue weighted by molar-refractivity contribution is 5.73. The Kier molecular flexibility index (Phi) is 5.35. The average molecular weight is 318 g/mol. The molecule has 0 fully saturated rings. The van der Waals surface area contributed by atoms with E-state index >= 15 is 0 Å². The zero-order valence-electron chi connectivity index (χ0n) is 15.8. The van der Waals surface area contributed by atoms with Crippen molar-refractivity contribution >= 4 is 5.97 Å². The maximum Gasteiger partial charge on any atom is 0.308 e. The van der Waals surface area contributed by atoms with Gasteiger partial charge in [0.2, 0.25) is 0 Å². The van der Waals surface area contributed by atoms with Crippen LogP contribution in [0.1, 0.15) is 70.7 Å². The summed E-state index contributed by atoms with van der Waals surface area (Å²) in [6.07, 6.45) is 2.29. The number of phenols is 1. The number of ether oxygens (including phenoxy) is 1. The van der Waals surface area contributed by atoms with Crippen molar-refractivity contribution in [2.45, 2.75) is 72.6 Å². The summed E-state index contributed by atoms with van der Waals surface area (Å²) in [4.78, 5) is 11.7. The number of carbonyl (C=O) groups is 1. The Morgan fingerprint density at radius 1 is 1.13 bits per heavy atom. The lowest BCUT2D eigenvalue weighted by molar-refractivity contribution is -0.132. The third-order valence-electron chi connectivity index (χ3n) is 3.87. The number of hydrogen-bond acceptors (Lipinski definition) is 3. The third kappa shape index (κ3) is 3.95. The van der Waals surface area contributed by atoms with Crippen LogP contribution in [0.5, 0.6) is 11.5 Å². The van der Waals surface area contributed by atoms with E-state index in [0.29, 0.717) is 12.2 Å². The topological polar surface area (TPSA) is 46.5 Å². The van der Waals surface area contributed by atoms with Crippen molar-refractivity contribution in [2.75, 3.05) is 0 Å². The van der Waals surface area contributed by atoms with Crippen LogP contribution in [0.15, 0.2) is 12.7 Å². The molecule has 0 radical (unpaired) electrons. The number of aromatic hydroxyl groups is 1. The fourth-order valence-corrected chi connectivity index (χ4v) is 3.18. The highest BCUT2D eigenvalue weighted by Gasteiger charge is 2.34. The van der Waals surface area contributed by atoms with Crippen LogP contribution in [0.25, 0.3) is 0 Å². The normalized spacial score (nSPS) is 12.2. The Hall–Kier alpha value is -1.77. The molecule has 3 heteroatoms. The summed E-state index contributed by atoms with van der Waals surface area (Å²) in [5.41, 5.74) is 2.75. The monoisotopic (exact) mass is 318 g/mol. The van der Waals surface area contributed by atoms with Gasteiger partial charge >= 0.3 is 5.97 Å². The average Bonchev–Trinajstić information content (AvgIpc) is 2.31. The Morgan fingerprint density at radius 2 is 1.61 bits per heavy atom. The molecule has 0 spiro atoms. The van der Waals surface area contributed by atoms with Gasteiger partial charge in [0, 0.05) is 23.6 Å². The van der Waals surface area contributed by atoms with E-state index in [4.69, 9.17) is 4.74 Å². The minimum atomic E-state index is -0.351. The van der Waals surface area contributed by atoms with Gasteiger partial charge in [-0.3, -0.25) is 4.79 Å². The lowest BCUT2D eigenvalue weighted by atomic mass is 9.74. The number of phenolic OH excluding ortho intramolecular Hbond substituents is 1. The van der Waals surface area contributed by atoms with E-state index in [0.717, 1.165) is 22.3 Å². The molecule has 3 nitrogen and oxygen atoms in total. The van der Waals surface area contributed by atoms with Crippen molar-refractivity contribution in [3.8, 4) is 11.5 Å². The standard InChI is InChI=1S/C20H30O3/c1-10-11-14-16(20(7,8)9)18(23-13(3)21)15(19(4,5)6)12(2)17(14)22/h10,22H,1,11H2,2-9H3. The summed E-state index contributed by atoms with van der Waals surface area (Å²) in [5.74, 6) is 0.510. The fraction of sp³-hybridized carbons (Fsp3) is 0.550. The lowest BCUT2D eigenvalue weighted by Crippen LogP contribution is -2.24. The number of hydrogen-bond donors (Lipinski definition) is 1. The molecule has 0 aliphatic carbocycles. The first-order chi connectivity index (χ1) is 10.3. The Labute approximate surface area is 140 Å². The van der Waals surface area contributed by atoms with E-state index in [1.165, 1.54) is 6.92 Å². The number of allylic oxidation sites excluding steroid dienone is 1. The minimum Gasteiger partial charge on any atom is -0.507 e. The number of esters is 1. The molecular formula is C20H30O3. The smallest absolute Gasteiger partial charge is 0.308 e. The van der Waals surface area contributed by atoms with Gasteiger partial charge in [0.1, 0.15) is 11.5 Å². The van der Waals surface area contributed by atoms with Crippen LogP contribution in [0.3, 0.4) is 0 Å². The minimum absolute atomic E-state index is 0.265. The zero-order chi connectivity index (χ0) is 18.2. The van der Waals surface area contributed by atoms with E-state index < -0.39 is 0 Å². The molecule has 0 bridgehead atoms. The molecule has 0 saturated carbocycles. The molecule has 0 aliphatic heterocycles. The van der Waals surface area contributed by atoms with E-state index in [2.05, 4.69) is 48.1 Å². The maximum atomic E-state index is 11.7. The molecule has 1 aromatic rings.